The monoisotopic (exact) mass is 243 g/mol. The summed E-state index contributed by atoms with van der Waals surface area (Å²) in [5.41, 5.74) is 0.108. The minimum Gasteiger partial charge on any atom is -0.396 e. The van der Waals surface area contributed by atoms with Crippen molar-refractivity contribution in [3.8, 4) is 0 Å². The number of morpholine rings is 1. The van der Waals surface area contributed by atoms with Crippen LogP contribution in [-0.4, -0.2) is 60.2 Å². The Bertz CT molecular complexity index is 241. The van der Waals surface area contributed by atoms with E-state index >= 15 is 0 Å². The Morgan fingerprint density at radius 1 is 1.24 bits per heavy atom. The van der Waals surface area contributed by atoms with Gasteiger partial charge in [-0.15, -0.1) is 0 Å². The highest BCUT2D eigenvalue weighted by Gasteiger charge is 2.37. The standard InChI is InChI=1S/C13H25NO3/c1-11-6-14(7-12(8-15)17-11)9-13(10-16)4-2-3-5-13/h11-12,15-16H,2-10H2,1H3. The molecule has 1 saturated heterocycles. The van der Waals surface area contributed by atoms with E-state index in [2.05, 4.69) is 11.8 Å². The maximum Gasteiger partial charge on any atom is 0.0936 e. The molecule has 0 radical (unpaired) electrons. The number of nitrogens with zero attached hydrogens (tertiary/aromatic N) is 1. The van der Waals surface area contributed by atoms with Crippen molar-refractivity contribution in [1.29, 1.82) is 0 Å². The summed E-state index contributed by atoms with van der Waals surface area (Å²) in [5.74, 6) is 0. The van der Waals surface area contributed by atoms with E-state index in [0.717, 1.165) is 32.5 Å². The number of rotatable bonds is 4. The molecule has 4 nitrogen and oxygen atoms in total. The zero-order valence-electron chi connectivity index (χ0n) is 10.8. The quantitative estimate of drug-likeness (QED) is 0.760. The molecule has 2 rings (SSSR count). The molecule has 0 aromatic rings. The van der Waals surface area contributed by atoms with Crippen molar-refractivity contribution in [1.82, 2.24) is 4.90 Å². The Morgan fingerprint density at radius 3 is 2.53 bits per heavy atom. The second kappa shape index (κ2) is 5.65. The molecule has 17 heavy (non-hydrogen) atoms. The largest absolute Gasteiger partial charge is 0.396 e. The van der Waals surface area contributed by atoms with E-state index in [-0.39, 0.29) is 24.2 Å². The molecular formula is C13H25NO3. The van der Waals surface area contributed by atoms with Crippen LogP contribution in [0.1, 0.15) is 32.6 Å². The minimum atomic E-state index is -0.0594. The maximum atomic E-state index is 9.63. The van der Waals surface area contributed by atoms with Gasteiger partial charge in [0.1, 0.15) is 0 Å². The van der Waals surface area contributed by atoms with E-state index in [9.17, 15) is 10.2 Å². The van der Waals surface area contributed by atoms with Crippen LogP contribution in [0.4, 0.5) is 0 Å². The highest BCUT2D eigenvalue weighted by Crippen LogP contribution is 2.38. The summed E-state index contributed by atoms with van der Waals surface area (Å²) in [5, 5.41) is 18.8. The molecule has 1 heterocycles. The fourth-order valence-electron chi connectivity index (χ4n) is 3.34. The van der Waals surface area contributed by atoms with Gasteiger partial charge in [-0.25, -0.2) is 0 Å². The zero-order valence-corrected chi connectivity index (χ0v) is 10.8. The number of hydrogen-bond acceptors (Lipinski definition) is 4. The molecule has 4 heteroatoms. The van der Waals surface area contributed by atoms with Gasteiger partial charge < -0.3 is 14.9 Å². The molecular weight excluding hydrogens is 218 g/mol. The summed E-state index contributed by atoms with van der Waals surface area (Å²) in [6.45, 7) is 5.10. The second-order valence-electron chi connectivity index (χ2n) is 5.81. The van der Waals surface area contributed by atoms with Gasteiger partial charge in [0.05, 0.1) is 18.8 Å². The lowest BCUT2D eigenvalue weighted by Gasteiger charge is -2.40. The molecule has 100 valence electrons. The highest BCUT2D eigenvalue weighted by atomic mass is 16.5. The SMILES string of the molecule is CC1CN(CC2(CO)CCCC2)CC(CO)O1. The molecule has 2 aliphatic rings. The van der Waals surface area contributed by atoms with Gasteiger partial charge >= 0.3 is 0 Å². The van der Waals surface area contributed by atoms with Crippen LogP contribution in [0, 0.1) is 5.41 Å². The summed E-state index contributed by atoms with van der Waals surface area (Å²) < 4.78 is 5.64. The predicted molar refractivity (Wildman–Crippen MR) is 65.8 cm³/mol. The third-order valence-corrected chi connectivity index (χ3v) is 4.16. The average molecular weight is 243 g/mol. The fourth-order valence-corrected chi connectivity index (χ4v) is 3.34. The lowest BCUT2D eigenvalue weighted by Crippen LogP contribution is -2.51. The van der Waals surface area contributed by atoms with E-state index in [4.69, 9.17) is 4.74 Å². The molecule has 0 aromatic carbocycles. The summed E-state index contributed by atoms with van der Waals surface area (Å²) in [6, 6.07) is 0. The summed E-state index contributed by atoms with van der Waals surface area (Å²) >= 11 is 0. The Kier molecular flexibility index (Phi) is 4.42. The van der Waals surface area contributed by atoms with Gasteiger partial charge in [-0.1, -0.05) is 12.8 Å². The zero-order chi connectivity index (χ0) is 12.3. The van der Waals surface area contributed by atoms with Crippen LogP contribution in [0.15, 0.2) is 0 Å². The smallest absolute Gasteiger partial charge is 0.0936 e. The molecule has 0 amide bonds. The predicted octanol–water partition coefficient (Wildman–Crippen LogP) is 0.621. The van der Waals surface area contributed by atoms with Gasteiger partial charge in [0.15, 0.2) is 0 Å². The maximum absolute atomic E-state index is 9.63. The summed E-state index contributed by atoms with van der Waals surface area (Å²) in [4.78, 5) is 2.36. The van der Waals surface area contributed by atoms with Crippen molar-refractivity contribution < 1.29 is 14.9 Å². The van der Waals surface area contributed by atoms with Crippen LogP contribution in [0.3, 0.4) is 0 Å². The Morgan fingerprint density at radius 2 is 1.94 bits per heavy atom. The van der Waals surface area contributed by atoms with E-state index in [1.165, 1.54) is 12.8 Å². The average Bonchev–Trinajstić information content (AvgIpc) is 2.77. The number of aliphatic hydroxyl groups is 2. The molecule has 2 unspecified atom stereocenters. The first kappa shape index (κ1) is 13.3. The molecule has 1 aliphatic carbocycles. The first-order valence-electron chi connectivity index (χ1n) is 6.77. The molecule has 1 saturated carbocycles. The van der Waals surface area contributed by atoms with Gasteiger partial charge in [0.2, 0.25) is 0 Å². The number of hydrogen-bond donors (Lipinski definition) is 2. The van der Waals surface area contributed by atoms with Crippen molar-refractivity contribution in [3.63, 3.8) is 0 Å². The van der Waals surface area contributed by atoms with Crippen LogP contribution in [0.5, 0.6) is 0 Å². The molecule has 0 spiro atoms. The normalized spacial score (nSPS) is 34.1. The van der Waals surface area contributed by atoms with E-state index in [1.54, 1.807) is 0 Å². The molecule has 1 aliphatic heterocycles. The molecule has 2 atom stereocenters. The van der Waals surface area contributed by atoms with Gasteiger partial charge in [-0.05, 0) is 19.8 Å². The first-order valence-corrected chi connectivity index (χ1v) is 6.77. The van der Waals surface area contributed by atoms with Crippen molar-refractivity contribution >= 4 is 0 Å². The molecule has 0 aromatic heterocycles. The number of aliphatic hydroxyl groups excluding tert-OH is 2. The van der Waals surface area contributed by atoms with Gasteiger partial charge in [0.25, 0.3) is 0 Å². The van der Waals surface area contributed by atoms with Gasteiger partial charge in [-0.2, -0.15) is 0 Å². The van der Waals surface area contributed by atoms with Crippen molar-refractivity contribution in [2.75, 3.05) is 32.8 Å². The molecule has 2 fully saturated rings. The molecule has 0 bridgehead atoms. The third-order valence-electron chi connectivity index (χ3n) is 4.16. The molecule has 2 N–H and O–H groups in total. The third kappa shape index (κ3) is 3.19. The van der Waals surface area contributed by atoms with Gasteiger partial charge in [0, 0.05) is 31.7 Å². The van der Waals surface area contributed by atoms with E-state index in [0.29, 0.717) is 6.61 Å². The van der Waals surface area contributed by atoms with E-state index < -0.39 is 0 Å². The fraction of sp³-hybridized carbons (Fsp3) is 1.00. The van der Waals surface area contributed by atoms with E-state index in [1.807, 2.05) is 0 Å². The number of ether oxygens (including phenoxy) is 1. The van der Waals surface area contributed by atoms with Crippen LogP contribution < -0.4 is 0 Å². The van der Waals surface area contributed by atoms with Crippen LogP contribution in [0.2, 0.25) is 0 Å². The minimum absolute atomic E-state index is 0.0594. The van der Waals surface area contributed by atoms with Crippen LogP contribution in [-0.2, 0) is 4.74 Å². The van der Waals surface area contributed by atoms with Crippen LogP contribution in [0.25, 0.3) is 0 Å². The van der Waals surface area contributed by atoms with Crippen molar-refractivity contribution in [2.45, 2.75) is 44.8 Å². The Labute approximate surface area is 104 Å². The second-order valence-corrected chi connectivity index (χ2v) is 5.81. The lowest BCUT2D eigenvalue weighted by molar-refractivity contribution is -0.105. The highest BCUT2D eigenvalue weighted by molar-refractivity contribution is 4.89. The summed E-state index contributed by atoms with van der Waals surface area (Å²) in [6.07, 6.45) is 4.88. The Hall–Kier alpha value is -0.160. The van der Waals surface area contributed by atoms with Crippen molar-refractivity contribution in [3.05, 3.63) is 0 Å². The Balaban J connectivity index is 1.92. The van der Waals surface area contributed by atoms with Crippen molar-refractivity contribution in [2.24, 2.45) is 5.41 Å². The summed E-state index contributed by atoms with van der Waals surface area (Å²) in [7, 11) is 0. The van der Waals surface area contributed by atoms with Gasteiger partial charge in [-0.3, -0.25) is 4.90 Å². The lowest BCUT2D eigenvalue weighted by atomic mass is 9.86. The topological polar surface area (TPSA) is 52.9 Å². The van der Waals surface area contributed by atoms with Crippen LogP contribution >= 0.6 is 0 Å². The first-order chi connectivity index (χ1) is 8.17.